The van der Waals surface area contributed by atoms with Gasteiger partial charge in [0.15, 0.2) is 0 Å². The number of nitrogens with zero attached hydrogens (tertiary/aromatic N) is 3. The number of sulfonamides is 1. The van der Waals surface area contributed by atoms with Gasteiger partial charge < -0.3 is 9.47 Å². The Bertz CT molecular complexity index is 484. The molecule has 1 N–H and O–H groups in total. The molecular formula is C10H19ClN4O2S. The molecule has 0 radical (unpaired) electrons. The fourth-order valence-electron chi connectivity index (χ4n) is 1.40. The maximum atomic E-state index is 11.9. The molecule has 1 rings (SSSR count). The molecule has 0 aliphatic rings. The number of unbranched alkanes of at least 4 members (excludes halogenated alkanes) is 1. The first-order valence-electron chi connectivity index (χ1n) is 5.66. The van der Waals surface area contributed by atoms with Crippen molar-refractivity contribution in [3.05, 3.63) is 11.5 Å². The Hall–Kier alpha value is -0.630. The molecule has 0 amide bonds. The van der Waals surface area contributed by atoms with Crippen molar-refractivity contribution in [1.29, 1.82) is 0 Å². The van der Waals surface area contributed by atoms with Crippen LogP contribution in [-0.4, -0.2) is 50.1 Å². The van der Waals surface area contributed by atoms with E-state index in [2.05, 4.69) is 14.6 Å². The molecule has 0 spiro atoms. The van der Waals surface area contributed by atoms with Gasteiger partial charge in [0, 0.05) is 13.6 Å². The molecule has 0 saturated carbocycles. The highest BCUT2D eigenvalue weighted by Crippen LogP contribution is 2.17. The molecule has 1 heterocycles. The number of halogens is 1. The maximum Gasteiger partial charge on any atom is 0.261 e. The van der Waals surface area contributed by atoms with Crippen molar-refractivity contribution in [2.24, 2.45) is 7.05 Å². The van der Waals surface area contributed by atoms with Crippen LogP contribution in [-0.2, 0) is 17.1 Å². The standard InChI is InChI=1S/C10H19ClN4O2S/c1-14(2)7-5-4-6-13-18(16,17)10-9(11)15(3)8-12-10/h8,13H,4-7H2,1-3H3. The van der Waals surface area contributed by atoms with E-state index in [1.54, 1.807) is 7.05 Å². The third-order valence-electron chi connectivity index (χ3n) is 2.41. The van der Waals surface area contributed by atoms with Gasteiger partial charge in [0.25, 0.3) is 10.0 Å². The van der Waals surface area contributed by atoms with Gasteiger partial charge in [-0.25, -0.2) is 18.1 Å². The lowest BCUT2D eigenvalue weighted by Crippen LogP contribution is -2.26. The zero-order valence-corrected chi connectivity index (χ0v) is 12.4. The minimum atomic E-state index is -3.60. The highest BCUT2D eigenvalue weighted by molar-refractivity contribution is 7.89. The second-order valence-corrected chi connectivity index (χ2v) is 6.40. The van der Waals surface area contributed by atoms with Crippen LogP contribution in [0.5, 0.6) is 0 Å². The zero-order valence-electron chi connectivity index (χ0n) is 10.9. The molecule has 0 atom stereocenters. The van der Waals surface area contributed by atoms with Crippen molar-refractivity contribution in [3.8, 4) is 0 Å². The average Bonchev–Trinajstić information content (AvgIpc) is 2.59. The molecule has 1 aromatic heterocycles. The van der Waals surface area contributed by atoms with Crippen molar-refractivity contribution in [3.63, 3.8) is 0 Å². The summed E-state index contributed by atoms with van der Waals surface area (Å²) in [6.45, 7) is 1.33. The van der Waals surface area contributed by atoms with Gasteiger partial charge in [-0.2, -0.15) is 0 Å². The van der Waals surface area contributed by atoms with Crippen molar-refractivity contribution >= 4 is 21.6 Å². The fraction of sp³-hybridized carbons (Fsp3) is 0.700. The average molecular weight is 295 g/mol. The molecule has 0 aliphatic heterocycles. The van der Waals surface area contributed by atoms with Crippen molar-refractivity contribution in [2.75, 3.05) is 27.2 Å². The predicted octanol–water partition coefficient (Wildman–Crippen LogP) is 0.694. The first kappa shape index (κ1) is 15.4. The number of aryl methyl sites for hydroxylation is 1. The van der Waals surface area contributed by atoms with Gasteiger partial charge in [-0.1, -0.05) is 11.6 Å². The Balaban J connectivity index is 2.48. The summed E-state index contributed by atoms with van der Waals surface area (Å²) in [6.07, 6.45) is 3.09. The molecule has 104 valence electrons. The minimum absolute atomic E-state index is 0.112. The molecular weight excluding hydrogens is 276 g/mol. The lowest BCUT2D eigenvalue weighted by molar-refractivity contribution is 0.394. The van der Waals surface area contributed by atoms with Crippen molar-refractivity contribution < 1.29 is 8.42 Å². The molecule has 18 heavy (non-hydrogen) atoms. The summed E-state index contributed by atoms with van der Waals surface area (Å²) >= 11 is 5.85. The van der Waals surface area contributed by atoms with Crippen LogP contribution >= 0.6 is 11.6 Å². The summed E-state index contributed by atoms with van der Waals surface area (Å²) in [6, 6.07) is 0. The van der Waals surface area contributed by atoms with E-state index < -0.39 is 10.0 Å². The summed E-state index contributed by atoms with van der Waals surface area (Å²) in [7, 11) is 2.01. The molecule has 8 heteroatoms. The van der Waals surface area contributed by atoms with E-state index in [9.17, 15) is 8.42 Å². The molecule has 0 aliphatic carbocycles. The Morgan fingerprint density at radius 2 is 2.11 bits per heavy atom. The number of imidazole rings is 1. The third kappa shape index (κ3) is 4.24. The van der Waals surface area contributed by atoms with Gasteiger partial charge in [0.05, 0.1) is 6.33 Å². The van der Waals surface area contributed by atoms with Crippen LogP contribution in [0.15, 0.2) is 11.4 Å². The number of nitrogens with one attached hydrogen (secondary N) is 1. The highest BCUT2D eigenvalue weighted by Gasteiger charge is 2.21. The summed E-state index contributed by atoms with van der Waals surface area (Å²) < 4.78 is 27.7. The Kier molecular flexibility index (Phi) is 5.58. The van der Waals surface area contributed by atoms with E-state index in [-0.39, 0.29) is 10.2 Å². The maximum absolute atomic E-state index is 11.9. The summed E-state index contributed by atoms with van der Waals surface area (Å²) in [5.41, 5.74) is 0. The van der Waals surface area contributed by atoms with Crippen LogP contribution in [0.4, 0.5) is 0 Å². The van der Waals surface area contributed by atoms with Crippen LogP contribution in [0, 0.1) is 0 Å². The lowest BCUT2D eigenvalue weighted by Gasteiger charge is -2.09. The molecule has 0 unspecified atom stereocenters. The second-order valence-electron chi connectivity index (χ2n) is 4.36. The second kappa shape index (κ2) is 6.51. The van der Waals surface area contributed by atoms with Gasteiger partial charge in [-0.05, 0) is 33.5 Å². The smallest absolute Gasteiger partial charge is 0.261 e. The Labute approximate surface area is 113 Å². The predicted molar refractivity (Wildman–Crippen MR) is 71.2 cm³/mol. The number of hydrogen-bond donors (Lipinski definition) is 1. The highest BCUT2D eigenvalue weighted by atomic mass is 35.5. The summed E-state index contributed by atoms with van der Waals surface area (Å²) in [5, 5.41) is 0.00932. The van der Waals surface area contributed by atoms with Gasteiger partial charge in [0.1, 0.15) is 5.15 Å². The molecule has 0 fully saturated rings. The van der Waals surface area contributed by atoms with Gasteiger partial charge in [0.2, 0.25) is 5.03 Å². The summed E-state index contributed by atoms with van der Waals surface area (Å²) in [4.78, 5) is 5.85. The van der Waals surface area contributed by atoms with E-state index in [0.717, 1.165) is 19.4 Å². The van der Waals surface area contributed by atoms with Crippen LogP contribution < -0.4 is 4.72 Å². The van der Waals surface area contributed by atoms with Gasteiger partial charge in [-0.3, -0.25) is 0 Å². The molecule has 0 saturated heterocycles. The molecule has 0 aromatic carbocycles. The summed E-state index contributed by atoms with van der Waals surface area (Å²) in [5.74, 6) is 0. The lowest BCUT2D eigenvalue weighted by atomic mass is 10.3. The van der Waals surface area contributed by atoms with E-state index in [4.69, 9.17) is 11.6 Å². The van der Waals surface area contributed by atoms with E-state index in [0.29, 0.717) is 6.54 Å². The Morgan fingerprint density at radius 3 is 2.61 bits per heavy atom. The van der Waals surface area contributed by atoms with Crippen LogP contribution in [0.25, 0.3) is 0 Å². The third-order valence-corrected chi connectivity index (χ3v) is 4.36. The number of rotatable bonds is 7. The first-order valence-corrected chi connectivity index (χ1v) is 7.52. The van der Waals surface area contributed by atoms with E-state index >= 15 is 0 Å². The molecule has 0 bridgehead atoms. The molecule has 1 aromatic rings. The SMILES string of the molecule is CN(C)CCCCNS(=O)(=O)c1ncn(C)c1Cl. The monoisotopic (exact) mass is 294 g/mol. The largest absolute Gasteiger partial charge is 0.324 e. The minimum Gasteiger partial charge on any atom is -0.324 e. The Morgan fingerprint density at radius 1 is 1.44 bits per heavy atom. The topological polar surface area (TPSA) is 67.2 Å². The van der Waals surface area contributed by atoms with Crippen LogP contribution in [0.3, 0.4) is 0 Å². The zero-order chi connectivity index (χ0) is 13.8. The van der Waals surface area contributed by atoms with E-state index in [1.807, 2.05) is 14.1 Å². The first-order chi connectivity index (χ1) is 8.34. The van der Waals surface area contributed by atoms with Crippen LogP contribution in [0.1, 0.15) is 12.8 Å². The fourth-order valence-corrected chi connectivity index (χ4v) is 2.90. The van der Waals surface area contributed by atoms with Gasteiger partial charge >= 0.3 is 0 Å². The van der Waals surface area contributed by atoms with Gasteiger partial charge in [-0.15, -0.1) is 0 Å². The van der Waals surface area contributed by atoms with E-state index in [1.165, 1.54) is 10.9 Å². The van der Waals surface area contributed by atoms with Crippen molar-refractivity contribution in [2.45, 2.75) is 17.9 Å². The quantitative estimate of drug-likeness (QED) is 0.752. The van der Waals surface area contributed by atoms with Crippen molar-refractivity contribution in [1.82, 2.24) is 19.2 Å². The van der Waals surface area contributed by atoms with Crippen LogP contribution in [0.2, 0.25) is 5.15 Å². The normalized spacial score (nSPS) is 12.3. The number of hydrogen-bond acceptors (Lipinski definition) is 4. The molecule has 6 nitrogen and oxygen atoms in total. The number of aromatic nitrogens is 2.